The molecule has 2 unspecified atom stereocenters. The summed E-state index contributed by atoms with van der Waals surface area (Å²) in [6.45, 7) is 9.87. The minimum atomic E-state index is -1.02. The Balaban J connectivity index is 1.91. The van der Waals surface area contributed by atoms with Gasteiger partial charge in [0.25, 0.3) is 0 Å². The van der Waals surface area contributed by atoms with Crippen LogP contribution in [0.15, 0.2) is 42.5 Å². The summed E-state index contributed by atoms with van der Waals surface area (Å²) in [5.41, 5.74) is 0.863. The van der Waals surface area contributed by atoms with Gasteiger partial charge in [0.05, 0.1) is 12.1 Å². The molecule has 1 fully saturated rings. The average Bonchev–Trinajstić information content (AvgIpc) is 3.47. The summed E-state index contributed by atoms with van der Waals surface area (Å²) in [5, 5.41) is 21.8. The molecule has 1 saturated heterocycles. The molecule has 3 amide bonds. The predicted octanol–water partition coefficient (Wildman–Crippen LogP) is 3.02. The molecule has 4 N–H and O–H groups in total. The van der Waals surface area contributed by atoms with Gasteiger partial charge in [-0.05, 0) is 61.0 Å². The van der Waals surface area contributed by atoms with Crippen molar-refractivity contribution in [3.8, 4) is 0 Å². The van der Waals surface area contributed by atoms with Crippen molar-refractivity contribution in [3.63, 3.8) is 0 Å². The topological polar surface area (TPSA) is 111 Å². The Bertz CT molecular complexity index is 1080. The summed E-state index contributed by atoms with van der Waals surface area (Å²) in [5.74, 6) is -0.994. The maximum Gasteiger partial charge on any atom is 0.247 e. The quantitative estimate of drug-likeness (QED) is 0.294. The molecule has 8 nitrogen and oxygen atoms in total. The van der Waals surface area contributed by atoms with E-state index in [0.717, 1.165) is 29.3 Å². The van der Waals surface area contributed by atoms with Gasteiger partial charge in [0, 0.05) is 25.4 Å². The van der Waals surface area contributed by atoms with Gasteiger partial charge < -0.3 is 21.1 Å². The molecular formula is C31H46N4O4. The molecule has 0 aliphatic carbocycles. The maximum absolute atomic E-state index is 13.8. The SMILES string of the molecule is CCC(CC)C(=O)N(C(=O)C1CCCN1)[C@@H](Cc1ccc2ccccc2c1)C(=O)NCC(O)CNCC(C)C. The number of carbonyl (C=O) groups excluding carboxylic acids is 3. The third-order valence-corrected chi connectivity index (χ3v) is 7.47. The lowest BCUT2D eigenvalue weighted by atomic mass is 9.96. The van der Waals surface area contributed by atoms with Crippen LogP contribution in [0.2, 0.25) is 0 Å². The fourth-order valence-electron chi connectivity index (χ4n) is 5.15. The fourth-order valence-corrected chi connectivity index (χ4v) is 5.15. The van der Waals surface area contributed by atoms with Crippen LogP contribution in [0.25, 0.3) is 10.8 Å². The molecule has 214 valence electrons. The average molecular weight is 539 g/mol. The van der Waals surface area contributed by atoms with E-state index in [0.29, 0.717) is 38.3 Å². The zero-order valence-electron chi connectivity index (χ0n) is 23.9. The van der Waals surface area contributed by atoms with Crippen molar-refractivity contribution in [2.24, 2.45) is 11.8 Å². The van der Waals surface area contributed by atoms with E-state index in [-0.39, 0.29) is 30.7 Å². The maximum atomic E-state index is 13.8. The van der Waals surface area contributed by atoms with Crippen molar-refractivity contribution in [1.82, 2.24) is 20.9 Å². The number of hydrogen-bond donors (Lipinski definition) is 4. The van der Waals surface area contributed by atoms with Gasteiger partial charge in [0.2, 0.25) is 17.7 Å². The first-order chi connectivity index (χ1) is 18.7. The van der Waals surface area contributed by atoms with Crippen LogP contribution in [-0.4, -0.2) is 72.1 Å². The van der Waals surface area contributed by atoms with Gasteiger partial charge in [-0.1, -0.05) is 70.2 Å². The fraction of sp³-hybridized carbons (Fsp3) is 0.581. The van der Waals surface area contributed by atoms with E-state index in [1.807, 2.05) is 56.3 Å². The number of aliphatic hydroxyl groups excluding tert-OH is 1. The normalized spacial score (nSPS) is 16.9. The van der Waals surface area contributed by atoms with Gasteiger partial charge in [0.15, 0.2) is 0 Å². The summed E-state index contributed by atoms with van der Waals surface area (Å²) in [4.78, 5) is 42.6. The Hall–Kier alpha value is -2.81. The molecule has 2 aromatic carbocycles. The number of benzene rings is 2. The lowest BCUT2D eigenvalue weighted by Gasteiger charge is -2.34. The molecule has 1 heterocycles. The number of fused-ring (bicyclic) bond motifs is 1. The molecule has 1 aliphatic heterocycles. The second kappa shape index (κ2) is 15.1. The van der Waals surface area contributed by atoms with Crippen molar-refractivity contribution in [2.45, 2.75) is 78.0 Å². The molecule has 0 saturated carbocycles. The minimum absolute atomic E-state index is 0.0288. The van der Waals surface area contributed by atoms with Gasteiger partial charge in [-0.2, -0.15) is 0 Å². The molecule has 0 bridgehead atoms. The van der Waals surface area contributed by atoms with Crippen molar-refractivity contribution >= 4 is 28.5 Å². The van der Waals surface area contributed by atoms with Gasteiger partial charge in [-0.15, -0.1) is 0 Å². The largest absolute Gasteiger partial charge is 0.390 e. The second-order valence-corrected chi connectivity index (χ2v) is 11.1. The Morgan fingerprint density at radius 3 is 2.38 bits per heavy atom. The van der Waals surface area contributed by atoms with Crippen LogP contribution in [0.5, 0.6) is 0 Å². The zero-order valence-corrected chi connectivity index (χ0v) is 23.9. The third-order valence-electron chi connectivity index (χ3n) is 7.47. The van der Waals surface area contributed by atoms with Gasteiger partial charge in [-0.3, -0.25) is 19.3 Å². The first-order valence-electron chi connectivity index (χ1n) is 14.5. The van der Waals surface area contributed by atoms with E-state index < -0.39 is 24.1 Å². The van der Waals surface area contributed by atoms with Crippen LogP contribution >= 0.6 is 0 Å². The molecule has 8 heteroatoms. The van der Waals surface area contributed by atoms with Crippen molar-refractivity contribution in [3.05, 3.63) is 48.0 Å². The molecule has 2 aromatic rings. The van der Waals surface area contributed by atoms with Crippen LogP contribution in [-0.2, 0) is 20.8 Å². The van der Waals surface area contributed by atoms with E-state index >= 15 is 0 Å². The summed E-state index contributed by atoms with van der Waals surface area (Å²) in [6.07, 6.45) is 2.06. The monoisotopic (exact) mass is 538 g/mol. The van der Waals surface area contributed by atoms with Gasteiger partial charge in [-0.25, -0.2) is 0 Å². The van der Waals surface area contributed by atoms with Crippen LogP contribution in [0, 0.1) is 11.8 Å². The van der Waals surface area contributed by atoms with Crippen LogP contribution in [0.3, 0.4) is 0 Å². The zero-order chi connectivity index (χ0) is 28.4. The van der Waals surface area contributed by atoms with E-state index in [4.69, 9.17) is 0 Å². The number of hydrogen-bond acceptors (Lipinski definition) is 6. The lowest BCUT2D eigenvalue weighted by Crippen LogP contribution is -2.59. The molecule has 0 radical (unpaired) electrons. The summed E-state index contributed by atoms with van der Waals surface area (Å²) < 4.78 is 0. The van der Waals surface area contributed by atoms with Gasteiger partial charge in [0.1, 0.15) is 6.04 Å². The smallest absolute Gasteiger partial charge is 0.247 e. The Morgan fingerprint density at radius 1 is 1.03 bits per heavy atom. The second-order valence-electron chi connectivity index (χ2n) is 11.1. The highest BCUT2D eigenvalue weighted by molar-refractivity contribution is 6.03. The van der Waals surface area contributed by atoms with Crippen molar-refractivity contribution in [2.75, 3.05) is 26.2 Å². The van der Waals surface area contributed by atoms with E-state index in [2.05, 4.69) is 29.8 Å². The molecule has 3 rings (SSSR count). The molecule has 0 aromatic heterocycles. The number of imide groups is 1. The molecule has 39 heavy (non-hydrogen) atoms. The van der Waals surface area contributed by atoms with Crippen molar-refractivity contribution in [1.29, 1.82) is 0 Å². The van der Waals surface area contributed by atoms with Crippen molar-refractivity contribution < 1.29 is 19.5 Å². The Labute approximate surface area is 232 Å². The van der Waals surface area contributed by atoms with E-state index in [9.17, 15) is 19.5 Å². The van der Waals surface area contributed by atoms with Crippen LogP contribution < -0.4 is 16.0 Å². The summed E-state index contributed by atoms with van der Waals surface area (Å²) in [7, 11) is 0. The Morgan fingerprint density at radius 2 is 1.74 bits per heavy atom. The standard InChI is InChI=1S/C31H46N4O4/c1-5-23(6-2)30(38)35(31(39)27-12-9-15-33-27)28(29(37)34-20-26(36)19-32-18-21(3)4)17-22-13-14-24-10-7-8-11-25(24)16-22/h7-8,10-11,13-14,16,21,23,26-28,32-33,36H,5-6,9,12,15,17-20H2,1-4H3,(H,34,37)/t26?,27?,28-/m0/s1. The molecular weight excluding hydrogens is 492 g/mol. The lowest BCUT2D eigenvalue weighted by molar-refractivity contribution is -0.155. The molecule has 3 atom stereocenters. The number of amides is 3. The molecule has 0 spiro atoms. The number of nitrogens with zero attached hydrogens (tertiary/aromatic N) is 1. The highest BCUT2D eigenvalue weighted by Gasteiger charge is 2.40. The van der Waals surface area contributed by atoms with Crippen LogP contribution in [0.4, 0.5) is 0 Å². The number of nitrogens with one attached hydrogen (secondary N) is 3. The Kier molecular flexibility index (Phi) is 11.9. The number of rotatable bonds is 14. The predicted molar refractivity (Wildman–Crippen MR) is 155 cm³/mol. The molecule has 1 aliphatic rings. The third kappa shape index (κ3) is 8.59. The minimum Gasteiger partial charge on any atom is -0.390 e. The van der Waals surface area contributed by atoms with E-state index in [1.165, 1.54) is 4.90 Å². The van der Waals surface area contributed by atoms with Gasteiger partial charge >= 0.3 is 0 Å². The highest BCUT2D eigenvalue weighted by Crippen LogP contribution is 2.23. The highest BCUT2D eigenvalue weighted by atomic mass is 16.3. The summed E-state index contributed by atoms with van der Waals surface area (Å²) >= 11 is 0. The number of carbonyl (C=O) groups is 3. The van der Waals surface area contributed by atoms with Crippen LogP contribution in [0.1, 0.15) is 58.9 Å². The first-order valence-corrected chi connectivity index (χ1v) is 14.5. The van der Waals surface area contributed by atoms with E-state index in [1.54, 1.807) is 0 Å². The summed E-state index contributed by atoms with van der Waals surface area (Å²) in [6, 6.07) is 12.4. The number of aliphatic hydroxyl groups is 1. The first kappa shape index (κ1) is 30.7.